The first-order valence-electron chi connectivity index (χ1n) is 12.6. The van der Waals surface area contributed by atoms with Crippen LogP contribution in [0.1, 0.15) is 58.8 Å². The molecule has 1 aliphatic rings. The number of aldehydes is 1. The summed E-state index contributed by atoms with van der Waals surface area (Å²) in [5.74, 6) is -0.316. The first-order chi connectivity index (χ1) is 17.7. The quantitative estimate of drug-likeness (QED) is 0.328. The summed E-state index contributed by atoms with van der Waals surface area (Å²) in [4.78, 5) is 26.4. The average Bonchev–Trinajstić information content (AvgIpc) is 3.14. The van der Waals surface area contributed by atoms with Crippen LogP contribution < -0.4 is 15.9 Å². The fourth-order valence-electron chi connectivity index (χ4n) is 4.62. The van der Waals surface area contributed by atoms with Crippen LogP contribution in [0.4, 0.5) is 5.69 Å². The van der Waals surface area contributed by atoms with Gasteiger partial charge in [0.1, 0.15) is 11.4 Å². The van der Waals surface area contributed by atoms with Crippen LogP contribution in [-0.2, 0) is 16.4 Å². The third-order valence-electron chi connectivity index (χ3n) is 6.49. The highest BCUT2D eigenvalue weighted by atomic mass is 32.2. The molecule has 4 N–H and O–H groups in total. The smallest absolute Gasteiger partial charge is 0.267 e. The summed E-state index contributed by atoms with van der Waals surface area (Å²) >= 11 is 0. The van der Waals surface area contributed by atoms with Crippen LogP contribution in [0, 0.1) is 6.92 Å². The van der Waals surface area contributed by atoms with E-state index in [4.69, 9.17) is 15.6 Å². The third-order valence-corrected chi connectivity index (χ3v) is 8.38. The van der Waals surface area contributed by atoms with E-state index in [1.165, 1.54) is 21.1 Å². The lowest BCUT2D eigenvalue weighted by Crippen LogP contribution is -2.48. The Kier molecular flexibility index (Phi) is 9.71. The minimum atomic E-state index is -3.80. The van der Waals surface area contributed by atoms with Gasteiger partial charge >= 0.3 is 0 Å². The lowest BCUT2D eigenvalue weighted by Gasteiger charge is -2.34. The third kappa shape index (κ3) is 6.15. The van der Waals surface area contributed by atoms with Crippen molar-refractivity contribution in [1.82, 2.24) is 13.9 Å². The van der Waals surface area contributed by atoms with Crippen LogP contribution in [-0.4, -0.2) is 85.5 Å². The Morgan fingerprint density at radius 2 is 1.92 bits per heavy atom. The Morgan fingerprint density at radius 1 is 1.22 bits per heavy atom. The van der Waals surface area contributed by atoms with Gasteiger partial charge in [-0.05, 0) is 50.5 Å². The molecule has 0 saturated carbocycles. The molecule has 1 aromatic heterocycles. The first kappa shape index (κ1) is 28.6. The molecule has 0 bridgehead atoms. The molecule has 11 nitrogen and oxygen atoms in total. The zero-order valence-corrected chi connectivity index (χ0v) is 22.5. The number of aliphatic hydroxyl groups is 1. The summed E-state index contributed by atoms with van der Waals surface area (Å²) in [6, 6.07) is 4.56. The monoisotopic (exact) mass is 535 g/mol. The molecule has 204 valence electrons. The maximum Gasteiger partial charge on any atom is 0.267 e. The maximum absolute atomic E-state index is 13.5. The molecular formula is C25H37N5O6S. The first-order valence-corrected chi connectivity index (χ1v) is 14.0. The number of anilines is 1. The molecule has 0 unspecified atom stereocenters. The highest BCUT2D eigenvalue weighted by Crippen LogP contribution is 2.32. The van der Waals surface area contributed by atoms with Crippen LogP contribution in [0.3, 0.4) is 0 Å². The van der Waals surface area contributed by atoms with E-state index in [-0.39, 0.29) is 17.2 Å². The summed E-state index contributed by atoms with van der Waals surface area (Å²) in [6.45, 7) is 8.44. The predicted molar refractivity (Wildman–Crippen MR) is 141 cm³/mol. The molecular weight excluding hydrogens is 498 g/mol. The van der Waals surface area contributed by atoms with Gasteiger partial charge in [-0.25, -0.2) is 8.42 Å². The molecule has 2 aromatic rings. The second kappa shape index (κ2) is 12.5. The van der Waals surface area contributed by atoms with Crippen molar-refractivity contribution >= 4 is 27.9 Å². The van der Waals surface area contributed by atoms with Gasteiger partial charge in [0.2, 0.25) is 10.0 Å². The Hall–Kier alpha value is -2.93. The van der Waals surface area contributed by atoms with E-state index in [0.29, 0.717) is 86.6 Å². The lowest BCUT2D eigenvalue weighted by molar-refractivity contribution is 0.0992. The van der Waals surface area contributed by atoms with Gasteiger partial charge in [0.15, 0.2) is 6.29 Å². The molecule has 1 fully saturated rings. The summed E-state index contributed by atoms with van der Waals surface area (Å²) in [5.41, 5.74) is 10.7. The number of piperazine rings is 1. The van der Waals surface area contributed by atoms with Crippen LogP contribution in [0.5, 0.6) is 5.75 Å². The van der Waals surface area contributed by atoms with E-state index in [1.807, 2.05) is 13.8 Å². The normalized spacial score (nSPS) is 15.0. The fraction of sp³-hybridized carbons (Fsp3) is 0.520. The number of primary amides is 1. The van der Waals surface area contributed by atoms with E-state index in [9.17, 15) is 18.0 Å². The predicted octanol–water partition coefficient (Wildman–Crippen LogP) is 1.62. The molecule has 1 aliphatic heterocycles. The second-order valence-corrected chi connectivity index (χ2v) is 10.9. The molecule has 12 heteroatoms. The van der Waals surface area contributed by atoms with Crippen LogP contribution >= 0.6 is 0 Å². The van der Waals surface area contributed by atoms with Crippen LogP contribution in [0.2, 0.25) is 0 Å². The van der Waals surface area contributed by atoms with Crippen molar-refractivity contribution in [3.8, 4) is 5.75 Å². The maximum atomic E-state index is 13.5. The van der Waals surface area contributed by atoms with Gasteiger partial charge in [-0.2, -0.15) is 4.31 Å². The average molecular weight is 536 g/mol. The number of nitrogens with two attached hydrogens (primary N) is 1. The van der Waals surface area contributed by atoms with Crippen molar-refractivity contribution in [1.29, 1.82) is 0 Å². The van der Waals surface area contributed by atoms with E-state index in [1.54, 1.807) is 13.0 Å². The molecule has 1 saturated heterocycles. The summed E-state index contributed by atoms with van der Waals surface area (Å²) < 4.78 is 35.7. The zero-order valence-electron chi connectivity index (χ0n) is 21.7. The van der Waals surface area contributed by atoms with Crippen molar-refractivity contribution in [3.63, 3.8) is 0 Å². The highest BCUT2D eigenvalue weighted by Gasteiger charge is 2.30. The number of aliphatic hydroxyl groups excluding tert-OH is 1. The fourth-order valence-corrected chi connectivity index (χ4v) is 6.07. The minimum absolute atomic E-state index is 0.0828. The lowest BCUT2D eigenvalue weighted by atomic mass is 10.1. The number of benzene rings is 1. The van der Waals surface area contributed by atoms with Gasteiger partial charge in [-0.15, -0.1) is 0 Å². The number of ether oxygens (including phenoxy) is 1. The Morgan fingerprint density at radius 3 is 2.49 bits per heavy atom. The van der Waals surface area contributed by atoms with Gasteiger partial charge in [0.05, 0.1) is 22.9 Å². The second-order valence-electron chi connectivity index (χ2n) is 8.93. The van der Waals surface area contributed by atoms with Crippen molar-refractivity contribution in [2.45, 2.75) is 44.9 Å². The van der Waals surface area contributed by atoms with E-state index < -0.39 is 15.9 Å². The number of nitrogens with zero attached hydrogens (tertiary/aromatic N) is 3. The molecule has 2 heterocycles. The zero-order chi connectivity index (χ0) is 27.2. The van der Waals surface area contributed by atoms with E-state index >= 15 is 0 Å². The summed E-state index contributed by atoms with van der Waals surface area (Å²) in [5, 5.41) is 9.05. The molecule has 3 rings (SSSR count). The number of carbonyl (C=O) groups excluding carboxylic acids is 2. The number of nitrogens with one attached hydrogen (secondary N) is 1. The van der Waals surface area contributed by atoms with Gasteiger partial charge in [0.25, 0.3) is 5.91 Å². The Bertz CT molecular complexity index is 1220. The standard InChI is InChI=1S/C25H37N5O6S/c1-4-7-22-20(17-32)18(3)24(25(26)33)30(22)27-21-16-19(8-9-23(21)36-5-2)37(34,35)29-13-11-28(12-14-29)10-6-15-31/h8-9,16-17,27,31H,4-7,10-15H2,1-3H3,(H2,26,33). The van der Waals surface area contributed by atoms with Gasteiger partial charge in [0, 0.05) is 44.9 Å². The number of amides is 1. The largest absolute Gasteiger partial charge is 0.492 e. The molecule has 0 spiro atoms. The van der Waals surface area contributed by atoms with Gasteiger partial charge in [-0.1, -0.05) is 13.3 Å². The van der Waals surface area contributed by atoms with Crippen LogP contribution in [0.15, 0.2) is 23.1 Å². The number of carbonyl (C=O) groups is 2. The minimum Gasteiger partial charge on any atom is -0.492 e. The molecule has 0 radical (unpaired) electrons. The number of hydrogen-bond acceptors (Lipinski definition) is 8. The number of sulfonamides is 1. The highest BCUT2D eigenvalue weighted by molar-refractivity contribution is 7.89. The molecule has 1 amide bonds. The number of hydrogen-bond donors (Lipinski definition) is 3. The molecule has 0 aliphatic carbocycles. The Labute approximate surface area is 218 Å². The van der Waals surface area contributed by atoms with Crippen molar-refractivity contribution < 1.29 is 27.9 Å². The van der Waals surface area contributed by atoms with Crippen molar-refractivity contribution in [2.24, 2.45) is 5.73 Å². The van der Waals surface area contributed by atoms with E-state index in [2.05, 4.69) is 10.3 Å². The number of rotatable bonds is 13. The van der Waals surface area contributed by atoms with Crippen molar-refractivity contribution in [2.75, 3.05) is 51.4 Å². The van der Waals surface area contributed by atoms with E-state index in [0.717, 1.165) is 6.54 Å². The number of aromatic nitrogens is 1. The molecule has 37 heavy (non-hydrogen) atoms. The van der Waals surface area contributed by atoms with Gasteiger partial charge < -0.3 is 20.5 Å². The van der Waals surface area contributed by atoms with Crippen molar-refractivity contribution in [3.05, 3.63) is 40.7 Å². The van der Waals surface area contributed by atoms with Crippen LogP contribution in [0.25, 0.3) is 0 Å². The summed E-state index contributed by atoms with van der Waals surface area (Å²) in [7, 11) is -3.80. The van der Waals surface area contributed by atoms with Gasteiger partial charge in [-0.3, -0.25) is 19.7 Å². The SMILES string of the molecule is CCCc1c(C=O)c(C)c(C(N)=O)n1Nc1cc(S(=O)(=O)N2CCN(CCCO)CC2)ccc1OCC. The Balaban J connectivity index is 2.00. The summed E-state index contributed by atoms with van der Waals surface area (Å²) in [6.07, 6.45) is 2.56. The molecule has 0 atom stereocenters. The topological polar surface area (TPSA) is 147 Å². The molecule has 1 aromatic carbocycles.